The number of carbonyl (C=O) groups excluding carboxylic acids is 1. The van der Waals surface area contributed by atoms with Crippen molar-refractivity contribution in [2.75, 3.05) is 13.7 Å². The maximum atomic E-state index is 11.6. The number of carbonyl (C=O) groups is 1. The van der Waals surface area contributed by atoms with Crippen LogP contribution in [-0.4, -0.2) is 24.6 Å². The largest absolute Gasteiger partial charge is 0.469 e. The van der Waals surface area contributed by atoms with Gasteiger partial charge in [0.05, 0.1) is 18.1 Å². The molecular weight excluding hydrogens is 240 g/mol. The van der Waals surface area contributed by atoms with E-state index in [-0.39, 0.29) is 12.5 Å². The number of fused-ring (bicyclic) bond motifs is 1. The first-order valence-corrected chi connectivity index (χ1v) is 5.60. The standard InChI is InChI=1S/C12H13ClN2O2/c1-17-12(16)7(5-14)8-6-15-10-4-2-3-9(13)11(8)10/h2-4,6-7,15H,5,14H2,1H3/t7-/m1/s1. The zero-order valence-electron chi connectivity index (χ0n) is 9.37. The minimum atomic E-state index is -0.492. The fraction of sp³-hybridized carbons (Fsp3) is 0.250. The second kappa shape index (κ2) is 4.77. The van der Waals surface area contributed by atoms with Crippen LogP contribution >= 0.6 is 11.6 Å². The van der Waals surface area contributed by atoms with Crippen molar-refractivity contribution < 1.29 is 9.53 Å². The number of halogens is 1. The van der Waals surface area contributed by atoms with E-state index in [0.29, 0.717) is 5.02 Å². The molecule has 17 heavy (non-hydrogen) atoms. The fourth-order valence-electron chi connectivity index (χ4n) is 1.93. The summed E-state index contributed by atoms with van der Waals surface area (Å²) in [4.78, 5) is 14.7. The Kier molecular flexibility index (Phi) is 3.36. The zero-order valence-corrected chi connectivity index (χ0v) is 10.1. The van der Waals surface area contributed by atoms with Gasteiger partial charge in [-0.25, -0.2) is 0 Å². The Morgan fingerprint density at radius 1 is 1.59 bits per heavy atom. The van der Waals surface area contributed by atoms with E-state index in [2.05, 4.69) is 4.98 Å². The van der Waals surface area contributed by atoms with Gasteiger partial charge in [-0.2, -0.15) is 0 Å². The molecule has 4 nitrogen and oxygen atoms in total. The van der Waals surface area contributed by atoms with Crippen LogP contribution in [0.1, 0.15) is 11.5 Å². The van der Waals surface area contributed by atoms with Gasteiger partial charge in [-0.15, -0.1) is 0 Å². The van der Waals surface area contributed by atoms with E-state index in [9.17, 15) is 4.79 Å². The van der Waals surface area contributed by atoms with Crippen molar-refractivity contribution >= 4 is 28.5 Å². The molecule has 0 bridgehead atoms. The number of rotatable bonds is 3. The molecule has 1 aromatic heterocycles. The molecule has 0 unspecified atom stereocenters. The molecule has 90 valence electrons. The van der Waals surface area contributed by atoms with E-state index in [4.69, 9.17) is 22.1 Å². The van der Waals surface area contributed by atoms with Gasteiger partial charge >= 0.3 is 5.97 Å². The topological polar surface area (TPSA) is 68.1 Å². The lowest BCUT2D eigenvalue weighted by molar-refractivity contribution is -0.142. The third-order valence-electron chi connectivity index (χ3n) is 2.78. The Morgan fingerprint density at radius 2 is 2.35 bits per heavy atom. The quantitative estimate of drug-likeness (QED) is 0.822. The number of esters is 1. The normalized spacial score (nSPS) is 12.6. The van der Waals surface area contributed by atoms with E-state index in [1.807, 2.05) is 12.1 Å². The number of aromatic nitrogens is 1. The Labute approximate surface area is 104 Å². The smallest absolute Gasteiger partial charge is 0.314 e. The summed E-state index contributed by atoms with van der Waals surface area (Å²) in [6, 6.07) is 5.53. The monoisotopic (exact) mass is 252 g/mol. The van der Waals surface area contributed by atoms with Gasteiger partial charge in [0, 0.05) is 23.6 Å². The van der Waals surface area contributed by atoms with Crippen molar-refractivity contribution in [1.82, 2.24) is 4.98 Å². The first kappa shape index (κ1) is 12.0. The van der Waals surface area contributed by atoms with Crippen LogP contribution in [0.5, 0.6) is 0 Å². The average Bonchev–Trinajstić information content (AvgIpc) is 2.75. The predicted molar refractivity (Wildman–Crippen MR) is 67.1 cm³/mol. The van der Waals surface area contributed by atoms with Gasteiger partial charge in [0.1, 0.15) is 0 Å². The first-order valence-electron chi connectivity index (χ1n) is 5.22. The van der Waals surface area contributed by atoms with Gasteiger partial charge in [0.15, 0.2) is 0 Å². The van der Waals surface area contributed by atoms with Crippen molar-refractivity contribution in [3.63, 3.8) is 0 Å². The minimum absolute atomic E-state index is 0.185. The van der Waals surface area contributed by atoms with Crippen LogP contribution in [0.4, 0.5) is 0 Å². The van der Waals surface area contributed by atoms with Crippen LogP contribution in [0, 0.1) is 0 Å². The lowest BCUT2D eigenvalue weighted by Gasteiger charge is -2.11. The number of nitrogens with two attached hydrogens (primary N) is 1. The van der Waals surface area contributed by atoms with Gasteiger partial charge in [0.25, 0.3) is 0 Å². The number of hydrogen-bond donors (Lipinski definition) is 2. The molecule has 3 N–H and O–H groups in total. The molecule has 2 rings (SSSR count). The molecule has 0 aliphatic heterocycles. The predicted octanol–water partition coefficient (Wildman–Crippen LogP) is 2.04. The SMILES string of the molecule is COC(=O)[C@H](CN)c1c[nH]c2cccc(Cl)c12. The number of H-pyrrole nitrogens is 1. The fourth-order valence-corrected chi connectivity index (χ4v) is 2.22. The highest BCUT2D eigenvalue weighted by Gasteiger charge is 2.23. The van der Waals surface area contributed by atoms with Crippen LogP contribution in [0.25, 0.3) is 10.9 Å². The van der Waals surface area contributed by atoms with E-state index in [1.54, 1.807) is 12.3 Å². The third-order valence-corrected chi connectivity index (χ3v) is 3.10. The maximum Gasteiger partial charge on any atom is 0.314 e. The van der Waals surface area contributed by atoms with Crippen molar-refractivity contribution in [1.29, 1.82) is 0 Å². The molecule has 1 heterocycles. The lowest BCUT2D eigenvalue weighted by Crippen LogP contribution is -2.22. The van der Waals surface area contributed by atoms with Gasteiger partial charge in [-0.3, -0.25) is 4.79 Å². The van der Waals surface area contributed by atoms with Crippen molar-refractivity contribution in [2.45, 2.75) is 5.92 Å². The molecule has 0 aliphatic rings. The summed E-state index contributed by atoms with van der Waals surface area (Å²) in [5.74, 6) is -0.845. The number of nitrogens with one attached hydrogen (secondary N) is 1. The van der Waals surface area contributed by atoms with Crippen molar-refractivity contribution in [3.8, 4) is 0 Å². The maximum absolute atomic E-state index is 11.6. The number of hydrogen-bond acceptors (Lipinski definition) is 3. The lowest BCUT2D eigenvalue weighted by atomic mass is 9.99. The average molecular weight is 253 g/mol. The summed E-state index contributed by atoms with van der Waals surface area (Å²) < 4.78 is 4.74. The second-order valence-electron chi connectivity index (χ2n) is 3.72. The van der Waals surface area contributed by atoms with Crippen LogP contribution < -0.4 is 5.73 Å². The van der Waals surface area contributed by atoms with E-state index in [0.717, 1.165) is 16.5 Å². The molecule has 1 atom stereocenters. The number of ether oxygens (including phenoxy) is 1. The molecule has 1 aromatic carbocycles. The molecule has 0 radical (unpaired) electrons. The minimum Gasteiger partial charge on any atom is -0.469 e. The molecule has 2 aromatic rings. The molecule has 0 fully saturated rings. The Hall–Kier alpha value is -1.52. The van der Waals surface area contributed by atoms with E-state index < -0.39 is 5.92 Å². The summed E-state index contributed by atoms with van der Waals surface area (Å²) in [5.41, 5.74) is 7.29. The molecule has 5 heteroatoms. The number of aromatic amines is 1. The van der Waals surface area contributed by atoms with Crippen molar-refractivity contribution in [3.05, 3.63) is 35.0 Å². The van der Waals surface area contributed by atoms with E-state index in [1.165, 1.54) is 7.11 Å². The van der Waals surface area contributed by atoms with Gasteiger partial charge in [-0.05, 0) is 17.7 Å². The Morgan fingerprint density at radius 3 is 3.00 bits per heavy atom. The van der Waals surface area contributed by atoms with Crippen molar-refractivity contribution in [2.24, 2.45) is 5.73 Å². The van der Waals surface area contributed by atoms with Crippen LogP contribution in [0.2, 0.25) is 5.02 Å². The number of benzene rings is 1. The summed E-state index contributed by atoms with van der Waals surface area (Å²) >= 11 is 6.14. The Balaban J connectivity index is 2.58. The summed E-state index contributed by atoms with van der Waals surface area (Å²) in [6.45, 7) is 0.185. The highest BCUT2D eigenvalue weighted by molar-refractivity contribution is 6.35. The van der Waals surface area contributed by atoms with E-state index >= 15 is 0 Å². The number of methoxy groups -OCH3 is 1. The van der Waals surface area contributed by atoms with Crippen LogP contribution in [0.3, 0.4) is 0 Å². The first-order chi connectivity index (χ1) is 8.19. The van der Waals surface area contributed by atoms with Gasteiger partial charge in [0.2, 0.25) is 0 Å². The second-order valence-corrected chi connectivity index (χ2v) is 4.13. The Bertz CT molecular complexity index is 550. The molecule has 0 aliphatic carbocycles. The van der Waals surface area contributed by atoms with Crippen LogP contribution in [0.15, 0.2) is 24.4 Å². The molecule has 0 saturated heterocycles. The van der Waals surface area contributed by atoms with Gasteiger partial charge < -0.3 is 15.5 Å². The molecule has 0 spiro atoms. The van der Waals surface area contributed by atoms with Gasteiger partial charge in [-0.1, -0.05) is 17.7 Å². The molecule has 0 amide bonds. The molecular formula is C12H13ClN2O2. The van der Waals surface area contributed by atoms with Crippen LogP contribution in [-0.2, 0) is 9.53 Å². The summed E-state index contributed by atoms with van der Waals surface area (Å²) in [7, 11) is 1.35. The summed E-state index contributed by atoms with van der Waals surface area (Å²) in [5, 5.41) is 1.43. The highest BCUT2D eigenvalue weighted by atomic mass is 35.5. The third kappa shape index (κ3) is 2.01. The molecule has 0 saturated carbocycles. The zero-order chi connectivity index (χ0) is 12.4. The summed E-state index contributed by atoms with van der Waals surface area (Å²) in [6.07, 6.45) is 1.75. The highest BCUT2D eigenvalue weighted by Crippen LogP contribution is 2.31.